The van der Waals surface area contributed by atoms with Crippen molar-refractivity contribution in [1.29, 1.82) is 0 Å². The highest BCUT2D eigenvalue weighted by Crippen LogP contribution is 2.13. The molecule has 3 aromatic rings. The van der Waals surface area contributed by atoms with Gasteiger partial charge in [0, 0.05) is 11.6 Å². The van der Waals surface area contributed by atoms with E-state index in [4.69, 9.17) is 5.11 Å². The van der Waals surface area contributed by atoms with Crippen LogP contribution in [0.4, 0.5) is 0 Å². The molecule has 0 unspecified atom stereocenters. The van der Waals surface area contributed by atoms with E-state index in [1.54, 1.807) is 6.92 Å². The van der Waals surface area contributed by atoms with Crippen molar-refractivity contribution in [2.24, 2.45) is 0 Å². The number of aliphatic carboxylic acids is 1. The van der Waals surface area contributed by atoms with Crippen LogP contribution in [-0.4, -0.2) is 30.2 Å². The van der Waals surface area contributed by atoms with Crippen LogP contribution in [0.25, 0.3) is 10.9 Å². The summed E-state index contributed by atoms with van der Waals surface area (Å²) >= 11 is 0. The van der Waals surface area contributed by atoms with Gasteiger partial charge < -0.3 is 5.11 Å². The highest BCUT2D eigenvalue weighted by molar-refractivity contribution is 7.91. The summed E-state index contributed by atoms with van der Waals surface area (Å²) in [5.74, 6) is -0.810. The fraction of sp³-hybridized carbons (Fsp3) is 0.429. The van der Waals surface area contributed by atoms with E-state index < -0.39 is 15.8 Å². The molecule has 0 aliphatic heterocycles. The van der Waals surface area contributed by atoms with Crippen LogP contribution < -0.4 is 0 Å². The number of nitrogens with zero attached hydrogens (tertiary/aromatic N) is 1. The summed E-state index contributed by atoms with van der Waals surface area (Å²) in [5, 5.41) is 9.76. The number of sulfone groups is 1. The van der Waals surface area contributed by atoms with E-state index in [0.717, 1.165) is 5.52 Å². The number of pyridine rings is 1. The standard InChI is InChI=1S/C11H14O4S.C9H7N.4C2H6/c1-2-7-16(14,15)10-5-3-9(4-6-10)8-11(12)13;1-2-6-9-8(4-1)5-3-7-10-9;4*1-2/h3-6H,2,7-8H2,1H3,(H,12,13);1-7H;4*1-2H3. The minimum atomic E-state index is -3.20. The molecule has 0 aliphatic rings. The number of para-hydroxylation sites is 1. The second kappa shape index (κ2) is 23.4. The minimum absolute atomic E-state index is 0.0892. The Balaban J connectivity index is -0.000000456. The van der Waals surface area contributed by atoms with Gasteiger partial charge in [0.1, 0.15) is 0 Å². The molecule has 1 N–H and O–H groups in total. The SMILES string of the molecule is CC.CC.CC.CC.CCCS(=O)(=O)c1ccc(CC(=O)O)cc1.c1ccc2ncccc2c1. The predicted molar refractivity (Wildman–Crippen MR) is 147 cm³/mol. The first-order valence-corrected chi connectivity index (χ1v) is 13.9. The van der Waals surface area contributed by atoms with Gasteiger partial charge >= 0.3 is 5.97 Å². The van der Waals surface area contributed by atoms with E-state index >= 15 is 0 Å². The lowest BCUT2D eigenvalue weighted by Gasteiger charge is -2.03. The summed E-state index contributed by atoms with van der Waals surface area (Å²) in [6.07, 6.45) is 2.29. The molecule has 0 saturated heterocycles. The number of hydrogen-bond acceptors (Lipinski definition) is 4. The number of benzene rings is 2. The molecule has 34 heavy (non-hydrogen) atoms. The summed E-state index contributed by atoms with van der Waals surface area (Å²) in [6, 6.07) is 18.1. The van der Waals surface area contributed by atoms with Gasteiger partial charge in [-0.25, -0.2) is 8.42 Å². The fourth-order valence-corrected chi connectivity index (χ4v) is 3.72. The number of fused-ring (bicyclic) bond motifs is 1. The molecule has 5 nitrogen and oxygen atoms in total. The topological polar surface area (TPSA) is 84.3 Å². The molecule has 1 aromatic heterocycles. The Hall–Kier alpha value is -2.73. The van der Waals surface area contributed by atoms with Gasteiger partial charge in [0.15, 0.2) is 9.84 Å². The molecule has 0 amide bonds. The van der Waals surface area contributed by atoms with Crippen molar-refractivity contribution in [3.63, 3.8) is 0 Å². The van der Waals surface area contributed by atoms with Crippen molar-refractivity contribution in [1.82, 2.24) is 4.98 Å². The smallest absolute Gasteiger partial charge is 0.307 e. The molecule has 6 heteroatoms. The largest absolute Gasteiger partial charge is 0.481 e. The molecule has 0 atom stereocenters. The van der Waals surface area contributed by atoms with Crippen molar-refractivity contribution < 1.29 is 18.3 Å². The van der Waals surface area contributed by atoms with Crippen LogP contribution in [0.1, 0.15) is 74.3 Å². The normalized spacial score (nSPS) is 8.97. The minimum Gasteiger partial charge on any atom is -0.481 e. The average molecular weight is 492 g/mol. The van der Waals surface area contributed by atoms with Crippen molar-refractivity contribution in [3.8, 4) is 0 Å². The van der Waals surface area contributed by atoms with Crippen molar-refractivity contribution >= 4 is 26.7 Å². The monoisotopic (exact) mass is 491 g/mol. The quantitative estimate of drug-likeness (QED) is 0.393. The lowest BCUT2D eigenvalue weighted by Crippen LogP contribution is -2.06. The predicted octanol–water partition coefficient (Wildman–Crippen LogP) is 7.84. The summed E-state index contributed by atoms with van der Waals surface area (Å²) in [5.41, 5.74) is 1.66. The Morgan fingerprint density at radius 3 is 1.76 bits per heavy atom. The van der Waals surface area contributed by atoms with Crippen molar-refractivity contribution in [2.75, 3.05) is 5.75 Å². The van der Waals surface area contributed by atoms with Crippen LogP contribution in [0.3, 0.4) is 0 Å². The second-order valence-corrected chi connectivity index (χ2v) is 7.84. The van der Waals surface area contributed by atoms with E-state index in [-0.39, 0.29) is 17.1 Å². The lowest BCUT2D eigenvalue weighted by molar-refractivity contribution is -0.136. The van der Waals surface area contributed by atoms with Crippen LogP contribution in [-0.2, 0) is 21.1 Å². The van der Waals surface area contributed by atoms with Gasteiger partial charge in [0.05, 0.1) is 22.6 Å². The number of aromatic nitrogens is 1. The molecular weight excluding hydrogens is 446 g/mol. The molecule has 1 heterocycles. The van der Waals surface area contributed by atoms with E-state index in [2.05, 4.69) is 17.1 Å². The summed E-state index contributed by atoms with van der Waals surface area (Å²) in [6.45, 7) is 17.8. The second-order valence-electron chi connectivity index (χ2n) is 5.73. The molecular formula is C28H45NO4S. The maximum Gasteiger partial charge on any atom is 0.307 e. The van der Waals surface area contributed by atoms with Crippen LogP contribution in [0.5, 0.6) is 0 Å². The molecule has 0 saturated carbocycles. The number of rotatable bonds is 5. The van der Waals surface area contributed by atoms with E-state index in [0.29, 0.717) is 12.0 Å². The van der Waals surface area contributed by atoms with Gasteiger partial charge in [-0.2, -0.15) is 0 Å². The molecule has 192 valence electrons. The Morgan fingerprint density at radius 1 is 0.794 bits per heavy atom. The number of carbonyl (C=O) groups is 1. The first-order chi connectivity index (χ1) is 16.4. The van der Waals surface area contributed by atoms with E-state index in [1.807, 2.05) is 85.9 Å². The zero-order valence-electron chi connectivity index (χ0n) is 22.5. The molecule has 0 spiro atoms. The Labute approximate surface area is 208 Å². The zero-order chi connectivity index (χ0) is 27.0. The van der Waals surface area contributed by atoms with E-state index in [1.165, 1.54) is 29.7 Å². The van der Waals surface area contributed by atoms with Gasteiger partial charge in [-0.1, -0.05) is 98.7 Å². The fourth-order valence-electron chi connectivity index (χ4n) is 2.39. The van der Waals surface area contributed by atoms with Crippen LogP contribution in [0, 0.1) is 0 Å². The van der Waals surface area contributed by atoms with Gasteiger partial charge in [-0.3, -0.25) is 9.78 Å². The van der Waals surface area contributed by atoms with Crippen LogP contribution >= 0.6 is 0 Å². The molecule has 2 aromatic carbocycles. The number of carboxylic acids is 1. The maximum absolute atomic E-state index is 11.6. The molecule has 0 fully saturated rings. The molecule has 3 rings (SSSR count). The zero-order valence-corrected chi connectivity index (χ0v) is 23.3. The average Bonchev–Trinajstić information content (AvgIpc) is 2.89. The van der Waals surface area contributed by atoms with Crippen LogP contribution in [0.15, 0.2) is 71.8 Å². The maximum atomic E-state index is 11.6. The number of hydrogen-bond donors (Lipinski definition) is 1. The van der Waals surface area contributed by atoms with Gasteiger partial charge in [-0.15, -0.1) is 0 Å². The summed E-state index contributed by atoms with van der Waals surface area (Å²) < 4.78 is 23.3. The lowest BCUT2D eigenvalue weighted by atomic mass is 10.2. The third kappa shape index (κ3) is 15.2. The van der Waals surface area contributed by atoms with Crippen molar-refractivity contribution in [2.45, 2.75) is 80.1 Å². The van der Waals surface area contributed by atoms with Gasteiger partial charge in [-0.05, 0) is 36.2 Å². The highest BCUT2D eigenvalue weighted by Gasteiger charge is 2.12. The third-order valence-corrected chi connectivity index (χ3v) is 5.56. The molecule has 0 aliphatic carbocycles. The summed E-state index contributed by atoms with van der Waals surface area (Å²) in [4.78, 5) is 14.9. The Morgan fingerprint density at radius 2 is 1.29 bits per heavy atom. The third-order valence-electron chi connectivity index (χ3n) is 3.62. The van der Waals surface area contributed by atoms with Crippen molar-refractivity contribution in [3.05, 3.63) is 72.4 Å². The highest BCUT2D eigenvalue weighted by atomic mass is 32.2. The Kier molecular flexibility index (Phi) is 24.7. The number of carboxylic acid groups (broad SMARTS) is 1. The summed E-state index contributed by atoms with van der Waals surface area (Å²) in [7, 11) is -3.20. The van der Waals surface area contributed by atoms with E-state index in [9.17, 15) is 13.2 Å². The first kappa shape index (κ1) is 35.9. The Bertz CT molecular complexity index is 904. The van der Waals surface area contributed by atoms with Gasteiger partial charge in [0.25, 0.3) is 0 Å². The molecule has 0 bridgehead atoms. The molecule has 0 radical (unpaired) electrons. The van der Waals surface area contributed by atoms with Crippen LogP contribution in [0.2, 0.25) is 0 Å². The first-order valence-electron chi connectivity index (χ1n) is 12.3. The van der Waals surface area contributed by atoms with Gasteiger partial charge in [0.2, 0.25) is 0 Å².